The third-order valence-corrected chi connectivity index (χ3v) is 10.4. The number of carbonyl (C=O) groups is 3. The molecule has 0 bridgehead atoms. The third-order valence-electron chi connectivity index (χ3n) is 9.51. The number of nitrogens with one attached hydrogen (secondary N) is 1. The van der Waals surface area contributed by atoms with Gasteiger partial charge in [0.2, 0.25) is 5.91 Å². The van der Waals surface area contributed by atoms with Crippen molar-refractivity contribution in [1.29, 1.82) is 0 Å². The molecule has 0 aliphatic carbocycles. The van der Waals surface area contributed by atoms with Gasteiger partial charge in [-0.3, -0.25) is 14.4 Å². The van der Waals surface area contributed by atoms with E-state index >= 15 is 0 Å². The molecule has 1 N–H and O–H groups in total. The summed E-state index contributed by atoms with van der Waals surface area (Å²) in [6.07, 6.45) is 6.48. The summed E-state index contributed by atoms with van der Waals surface area (Å²) >= 11 is 1.37. The minimum atomic E-state index is -1.29. The summed E-state index contributed by atoms with van der Waals surface area (Å²) in [5.74, 6) is -1.49. The van der Waals surface area contributed by atoms with Crippen molar-refractivity contribution in [3.63, 3.8) is 0 Å². The molecule has 1 saturated heterocycles. The third kappa shape index (κ3) is 4.14. The molecule has 1 aromatic heterocycles. The number of nitrogens with zero attached hydrogens (tertiary/aromatic N) is 1. The van der Waals surface area contributed by atoms with Crippen molar-refractivity contribution in [3.8, 4) is 0 Å². The molecule has 7 rings (SSSR count). The predicted octanol–water partition coefficient (Wildman–Crippen LogP) is 7.73. The highest BCUT2D eigenvalue weighted by Crippen LogP contribution is 2.58. The number of para-hydroxylation sites is 2. The Labute approximate surface area is 256 Å². The smallest absolute Gasteiger partial charge is 0.238 e. The number of benzene rings is 3. The lowest BCUT2D eigenvalue weighted by atomic mass is 9.64. The second-order valence-electron chi connectivity index (χ2n) is 11.9. The van der Waals surface area contributed by atoms with Crippen LogP contribution in [-0.2, 0) is 16.6 Å². The van der Waals surface area contributed by atoms with Gasteiger partial charge < -0.3 is 10.2 Å². The minimum absolute atomic E-state index is 0.133. The Morgan fingerprint density at radius 2 is 1.67 bits per heavy atom. The molecule has 4 atom stereocenters. The summed E-state index contributed by atoms with van der Waals surface area (Å²) in [6.45, 7) is 4.23. The van der Waals surface area contributed by atoms with E-state index in [1.54, 1.807) is 0 Å². The zero-order chi connectivity index (χ0) is 29.7. The minimum Gasteiger partial charge on any atom is -0.352 e. The summed E-state index contributed by atoms with van der Waals surface area (Å²) in [5.41, 5.74) is 4.81. The van der Waals surface area contributed by atoms with Gasteiger partial charge in [-0.2, -0.15) is 0 Å². The molecule has 1 spiro atoms. The number of rotatable bonds is 8. The van der Waals surface area contributed by atoms with Gasteiger partial charge in [0.1, 0.15) is 11.5 Å². The van der Waals surface area contributed by atoms with Crippen molar-refractivity contribution in [2.45, 2.75) is 57.0 Å². The van der Waals surface area contributed by atoms with E-state index in [1.165, 1.54) is 16.9 Å². The number of fused-ring (bicyclic) bond motifs is 6. The molecule has 3 aliphatic heterocycles. The van der Waals surface area contributed by atoms with Crippen molar-refractivity contribution in [1.82, 2.24) is 0 Å². The van der Waals surface area contributed by atoms with Crippen LogP contribution in [0.1, 0.15) is 69.8 Å². The Hall–Kier alpha value is -4.29. The van der Waals surface area contributed by atoms with Crippen LogP contribution < -0.4 is 10.2 Å². The molecular formula is C37H34N2O3S. The lowest BCUT2D eigenvalue weighted by Gasteiger charge is -2.39. The molecule has 4 aromatic rings. The SMILES string of the molecule is CCCCCc1ccc(C(=O)[C@@H]2[C@@H](C(=O)c3cccs3)N3c4ccccc4C(C)=C[C@@H]3[C@@]23C(=O)Nc2ccccc23)cc1. The lowest BCUT2D eigenvalue weighted by Crippen LogP contribution is -2.51. The van der Waals surface area contributed by atoms with E-state index in [-0.39, 0.29) is 17.5 Å². The molecule has 3 aliphatic rings. The Morgan fingerprint density at radius 1 is 0.907 bits per heavy atom. The van der Waals surface area contributed by atoms with Crippen molar-refractivity contribution < 1.29 is 14.4 Å². The van der Waals surface area contributed by atoms with Crippen LogP contribution in [0.25, 0.3) is 5.57 Å². The zero-order valence-corrected chi connectivity index (χ0v) is 25.2. The number of ketones is 2. The second-order valence-corrected chi connectivity index (χ2v) is 12.8. The molecule has 1 fully saturated rings. The lowest BCUT2D eigenvalue weighted by molar-refractivity contribution is -0.121. The van der Waals surface area contributed by atoms with Gasteiger partial charge in [0.15, 0.2) is 11.6 Å². The van der Waals surface area contributed by atoms with Crippen LogP contribution in [-0.4, -0.2) is 29.6 Å². The van der Waals surface area contributed by atoms with Crippen LogP contribution in [0.3, 0.4) is 0 Å². The number of thiophene rings is 1. The predicted molar refractivity (Wildman–Crippen MR) is 173 cm³/mol. The van der Waals surface area contributed by atoms with Crippen molar-refractivity contribution >= 4 is 45.8 Å². The summed E-state index contributed by atoms with van der Waals surface area (Å²) in [5, 5.41) is 5.00. The largest absolute Gasteiger partial charge is 0.352 e. The maximum absolute atomic E-state index is 15.0. The number of Topliss-reactive ketones (excluding diaryl/α,β-unsaturated/α-hetero) is 2. The van der Waals surface area contributed by atoms with E-state index in [0.29, 0.717) is 16.1 Å². The highest BCUT2D eigenvalue weighted by atomic mass is 32.1. The van der Waals surface area contributed by atoms with Gasteiger partial charge >= 0.3 is 0 Å². The van der Waals surface area contributed by atoms with Crippen molar-refractivity contribution in [2.24, 2.45) is 5.92 Å². The fourth-order valence-corrected chi connectivity index (χ4v) is 8.24. The first-order chi connectivity index (χ1) is 21.0. The highest BCUT2D eigenvalue weighted by Gasteiger charge is 2.70. The summed E-state index contributed by atoms with van der Waals surface area (Å²) in [7, 11) is 0. The first-order valence-corrected chi connectivity index (χ1v) is 16.0. The van der Waals surface area contributed by atoms with E-state index in [4.69, 9.17) is 0 Å². The van der Waals surface area contributed by atoms with Crippen LogP contribution in [0.15, 0.2) is 96.4 Å². The van der Waals surface area contributed by atoms with Crippen LogP contribution in [0.2, 0.25) is 0 Å². The van der Waals surface area contributed by atoms with Crippen LogP contribution in [0.5, 0.6) is 0 Å². The first kappa shape index (κ1) is 27.5. The number of anilines is 2. The number of amides is 1. The molecule has 216 valence electrons. The van der Waals surface area contributed by atoms with Gasteiger partial charge in [-0.15, -0.1) is 11.3 Å². The highest BCUT2D eigenvalue weighted by molar-refractivity contribution is 7.12. The van der Waals surface area contributed by atoms with Crippen molar-refractivity contribution in [3.05, 3.63) is 124 Å². The van der Waals surface area contributed by atoms with Crippen LogP contribution in [0.4, 0.5) is 11.4 Å². The molecule has 0 saturated carbocycles. The normalized spacial score (nSPS) is 23.4. The van der Waals surface area contributed by atoms with Gasteiger partial charge in [-0.05, 0) is 60.0 Å². The maximum Gasteiger partial charge on any atom is 0.238 e. The Balaban J connectivity index is 1.45. The van der Waals surface area contributed by atoms with Gasteiger partial charge in [-0.25, -0.2) is 0 Å². The van der Waals surface area contributed by atoms with Gasteiger partial charge in [0.05, 0.1) is 16.8 Å². The number of aryl methyl sites for hydroxylation is 1. The van der Waals surface area contributed by atoms with Gasteiger partial charge in [-0.1, -0.05) is 92.6 Å². The average molecular weight is 587 g/mol. The molecule has 5 nitrogen and oxygen atoms in total. The summed E-state index contributed by atoms with van der Waals surface area (Å²) < 4.78 is 0. The van der Waals surface area contributed by atoms with Gasteiger partial charge in [0.25, 0.3) is 0 Å². The molecule has 6 heteroatoms. The van der Waals surface area contributed by atoms with Gasteiger partial charge in [0, 0.05) is 22.5 Å². The number of hydrogen-bond donors (Lipinski definition) is 1. The van der Waals surface area contributed by atoms with E-state index in [2.05, 4.69) is 23.2 Å². The monoisotopic (exact) mass is 586 g/mol. The first-order valence-electron chi connectivity index (χ1n) is 15.1. The fraction of sp³-hybridized carbons (Fsp3) is 0.270. The average Bonchev–Trinajstić information content (AvgIpc) is 3.74. The van der Waals surface area contributed by atoms with Crippen molar-refractivity contribution in [2.75, 3.05) is 10.2 Å². The molecule has 3 aromatic carbocycles. The molecule has 43 heavy (non-hydrogen) atoms. The topological polar surface area (TPSA) is 66.5 Å². The fourth-order valence-electron chi connectivity index (χ4n) is 7.55. The summed E-state index contributed by atoms with van der Waals surface area (Å²) in [4.78, 5) is 46.8. The van der Waals surface area contributed by atoms with Crippen LogP contribution in [0, 0.1) is 5.92 Å². The zero-order valence-electron chi connectivity index (χ0n) is 24.4. The van der Waals surface area contributed by atoms with Crippen LogP contribution >= 0.6 is 11.3 Å². The second kappa shape index (κ2) is 10.8. The molecule has 4 heterocycles. The summed E-state index contributed by atoms with van der Waals surface area (Å²) in [6, 6.07) is 25.8. The standard InChI is InChI=1S/C37H34N2O3S/c1-3-4-5-11-24-17-19-25(20-18-24)34(40)32-33(35(41)30-16-10-21-43-30)39-29-15-9-6-12-26(29)23(2)22-31(39)37(32)27-13-7-8-14-28(27)38-36(37)42/h6-10,12-22,31-33H,3-5,11H2,1-2H3,(H,38,42)/t31-,32+,33+,37-/m1/s1. The number of carbonyl (C=O) groups excluding carboxylic acids is 3. The quantitative estimate of drug-likeness (QED) is 0.170. The van der Waals surface area contributed by atoms with E-state index in [9.17, 15) is 14.4 Å². The molecular weight excluding hydrogens is 552 g/mol. The Kier molecular flexibility index (Phi) is 6.89. The Morgan fingerprint density at radius 3 is 2.44 bits per heavy atom. The number of hydrogen-bond acceptors (Lipinski definition) is 5. The number of unbranched alkanes of at least 4 members (excludes halogenated alkanes) is 2. The number of allylic oxidation sites excluding steroid dienone is 1. The molecule has 0 radical (unpaired) electrons. The Bertz CT molecular complexity index is 1760. The van der Waals surface area contributed by atoms with E-state index < -0.39 is 23.4 Å². The van der Waals surface area contributed by atoms with E-state index in [0.717, 1.165) is 48.1 Å². The maximum atomic E-state index is 15.0. The van der Waals surface area contributed by atoms with E-state index in [1.807, 2.05) is 97.2 Å². The molecule has 0 unspecified atom stereocenters. The molecule has 1 amide bonds.